The molecule has 1 aromatic heterocycles. The number of ether oxygens (including phenoxy) is 1. The average Bonchev–Trinajstić information content (AvgIpc) is 3.43. The van der Waals surface area contributed by atoms with Gasteiger partial charge >= 0.3 is 11.9 Å². The largest absolute Gasteiger partial charge is 0.481 e. The van der Waals surface area contributed by atoms with Gasteiger partial charge in [0, 0.05) is 17.1 Å². The van der Waals surface area contributed by atoms with Crippen molar-refractivity contribution in [3.05, 3.63) is 102 Å². The Morgan fingerprint density at radius 3 is 1.89 bits per heavy atom. The summed E-state index contributed by atoms with van der Waals surface area (Å²) in [5, 5.41) is 12.9. The van der Waals surface area contributed by atoms with Crippen LogP contribution >= 0.6 is 11.3 Å². The van der Waals surface area contributed by atoms with Crippen LogP contribution < -0.4 is 0 Å². The summed E-state index contributed by atoms with van der Waals surface area (Å²) in [6.07, 6.45) is 2.71. The van der Waals surface area contributed by atoms with E-state index in [1.165, 1.54) is 0 Å². The lowest BCUT2D eigenvalue weighted by molar-refractivity contribution is -0.161. The molecule has 0 radical (unpaired) electrons. The smallest absolute Gasteiger partial charge is 0.309 e. The maximum absolute atomic E-state index is 13.2. The Balaban J connectivity index is 1.50. The number of carbonyl (C=O) groups excluding carboxylic acids is 1. The van der Waals surface area contributed by atoms with E-state index in [1.807, 2.05) is 105 Å². The van der Waals surface area contributed by atoms with Crippen LogP contribution in [-0.2, 0) is 27.2 Å². The molecule has 1 heterocycles. The molecule has 1 N–H and O–H groups in total. The minimum absolute atomic E-state index is 0.193. The Morgan fingerprint density at radius 2 is 1.37 bits per heavy atom. The van der Waals surface area contributed by atoms with Crippen molar-refractivity contribution in [2.24, 2.45) is 11.8 Å². The van der Waals surface area contributed by atoms with Gasteiger partial charge < -0.3 is 9.84 Å². The lowest BCUT2D eigenvalue weighted by Crippen LogP contribution is -2.32. The van der Waals surface area contributed by atoms with Gasteiger partial charge in [-0.2, -0.15) is 0 Å². The van der Waals surface area contributed by atoms with Crippen molar-refractivity contribution >= 4 is 23.3 Å². The van der Waals surface area contributed by atoms with Crippen LogP contribution in [0.4, 0.5) is 0 Å². The van der Waals surface area contributed by atoms with E-state index in [4.69, 9.17) is 4.74 Å². The molecule has 0 spiro atoms. The van der Waals surface area contributed by atoms with Crippen LogP contribution in [-0.4, -0.2) is 27.6 Å². The minimum atomic E-state index is -0.912. The second kappa shape index (κ2) is 12.2. The number of benzene rings is 3. The summed E-state index contributed by atoms with van der Waals surface area (Å²) in [7, 11) is 0. The second-order valence-electron chi connectivity index (χ2n) is 10.5. The molecule has 6 heteroatoms. The van der Waals surface area contributed by atoms with Crippen molar-refractivity contribution in [2.75, 3.05) is 0 Å². The summed E-state index contributed by atoms with van der Waals surface area (Å²) in [5.41, 5.74) is 4.43. The Hall–Kier alpha value is -3.77. The Bertz CT molecular complexity index is 1330. The topological polar surface area (TPSA) is 76.5 Å². The molecule has 38 heavy (non-hydrogen) atoms. The molecule has 0 amide bonds. The highest BCUT2D eigenvalue weighted by molar-refractivity contribution is 7.13. The highest BCUT2D eigenvalue weighted by atomic mass is 32.1. The predicted octanol–water partition coefficient (Wildman–Crippen LogP) is 7.31. The number of aromatic nitrogens is 1. The van der Waals surface area contributed by atoms with E-state index in [0.717, 1.165) is 32.8 Å². The summed E-state index contributed by atoms with van der Waals surface area (Å²) in [4.78, 5) is 29.9. The Morgan fingerprint density at radius 1 is 0.816 bits per heavy atom. The number of aliphatic carboxylic acids is 1. The van der Waals surface area contributed by atoms with Crippen molar-refractivity contribution in [2.45, 2.75) is 45.6 Å². The van der Waals surface area contributed by atoms with E-state index in [9.17, 15) is 14.7 Å². The highest BCUT2D eigenvalue weighted by Crippen LogP contribution is 2.28. The number of carboxylic acids is 1. The molecule has 196 valence electrons. The first kappa shape index (κ1) is 27.3. The molecule has 0 aliphatic carbocycles. The SMILES string of the molecule is CC(C)(C)OC(=O)[C@H](Cc1ccc(-c2nccs2)cc1)C[C@@H](Cc1ccc(-c2ccccc2)cc1)C(=O)O. The zero-order valence-electron chi connectivity index (χ0n) is 22.0. The summed E-state index contributed by atoms with van der Waals surface area (Å²) < 4.78 is 5.71. The third kappa shape index (κ3) is 7.62. The fourth-order valence-corrected chi connectivity index (χ4v) is 5.09. The van der Waals surface area contributed by atoms with Crippen LogP contribution in [0.25, 0.3) is 21.7 Å². The predicted molar refractivity (Wildman–Crippen MR) is 152 cm³/mol. The number of rotatable bonds is 10. The number of hydrogen-bond donors (Lipinski definition) is 1. The fourth-order valence-electron chi connectivity index (χ4n) is 4.45. The van der Waals surface area contributed by atoms with Gasteiger partial charge in [0.1, 0.15) is 10.6 Å². The van der Waals surface area contributed by atoms with Crippen molar-refractivity contribution in [3.63, 3.8) is 0 Å². The molecule has 0 unspecified atom stereocenters. The van der Waals surface area contributed by atoms with Crippen LogP contribution in [0.1, 0.15) is 38.3 Å². The van der Waals surface area contributed by atoms with Crippen LogP contribution in [0, 0.1) is 11.8 Å². The quantitative estimate of drug-likeness (QED) is 0.219. The molecule has 0 aliphatic heterocycles. The van der Waals surface area contributed by atoms with E-state index in [2.05, 4.69) is 4.98 Å². The van der Waals surface area contributed by atoms with Gasteiger partial charge in [-0.25, -0.2) is 4.98 Å². The molecule has 0 saturated carbocycles. The molecule has 2 atom stereocenters. The minimum Gasteiger partial charge on any atom is -0.481 e. The van der Waals surface area contributed by atoms with Gasteiger partial charge in [0.2, 0.25) is 0 Å². The molecule has 3 aromatic carbocycles. The van der Waals surface area contributed by atoms with E-state index in [1.54, 1.807) is 17.5 Å². The van der Waals surface area contributed by atoms with Gasteiger partial charge in [-0.15, -0.1) is 11.3 Å². The van der Waals surface area contributed by atoms with Gasteiger partial charge in [0.05, 0.1) is 11.8 Å². The average molecular weight is 528 g/mol. The summed E-state index contributed by atoms with van der Waals surface area (Å²) in [6.45, 7) is 5.48. The van der Waals surface area contributed by atoms with Gasteiger partial charge in [-0.1, -0.05) is 78.9 Å². The lowest BCUT2D eigenvalue weighted by Gasteiger charge is -2.26. The van der Waals surface area contributed by atoms with E-state index < -0.39 is 23.4 Å². The normalized spacial score (nSPS) is 13.0. The molecule has 4 rings (SSSR count). The molecule has 5 nitrogen and oxygen atoms in total. The number of thiazole rings is 1. The maximum Gasteiger partial charge on any atom is 0.309 e. The van der Waals surface area contributed by atoms with Crippen molar-refractivity contribution in [3.8, 4) is 21.7 Å². The number of esters is 1. The van der Waals surface area contributed by atoms with Crippen molar-refractivity contribution < 1.29 is 19.4 Å². The van der Waals surface area contributed by atoms with Gasteiger partial charge in [0.15, 0.2) is 0 Å². The third-order valence-electron chi connectivity index (χ3n) is 6.32. The third-order valence-corrected chi connectivity index (χ3v) is 7.14. The number of nitrogens with zero attached hydrogens (tertiary/aromatic N) is 1. The van der Waals surface area contributed by atoms with E-state index in [-0.39, 0.29) is 12.4 Å². The zero-order valence-corrected chi connectivity index (χ0v) is 22.8. The number of carbonyl (C=O) groups is 2. The number of carboxylic acid groups (broad SMARTS) is 1. The van der Waals surface area contributed by atoms with Gasteiger partial charge in [0.25, 0.3) is 0 Å². The molecular weight excluding hydrogens is 494 g/mol. The second-order valence-corrected chi connectivity index (χ2v) is 11.4. The highest BCUT2D eigenvalue weighted by Gasteiger charge is 2.31. The molecule has 0 aliphatic rings. The first-order valence-corrected chi connectivity index (χ1v) is 13.6. The zero-order chi connectivity index (χ0) is 27.1. The van der Waals surface area contributed by atoms with Crippen LogP contribution in [0.15, 0.2) is 90.4 Å². The first-order valence-electron chi connectivity index (χ1n) is 12.8. The van der Waals surface area contributed by atoms with Crippen LogP contribution in [0.3, 0.4) is 0 Å². The molecular formula is C32H33NO4S. The van der Waals surface area contributed by atoms with Crippen molar-refractivity contribution in [1.29, 1.82) is 0 Å². The van der Waals surface area contributed by atoms with Crippen molar-refractivity contribution in [1.82, 2.24) is 4.98 Å². The lowest BCUT2D eigenvalue weighted by atomic mass is 9.85. The molecule has 0 saturated heterocycles. The molecule has 0 bridgehead atoms. The molecule has 4 aromatic rings. The summed E-state index contributed by atoms with van der Waals surface area (Å²) in [6, 6.07) is 26.0. The maximum atomic E-state index is 13.2. The van der Waals surface area contributed by atoms with E-state index >= 15 is 0 Å². The van der Waals surface area contributed by atoms with Gasteiger partial charge in [-0.3, -0.25) is 9.59 Å². The van der Waals surface area contributed by atoms with Crippen LogP contribution in [0.2, 0.25) is 0 Å². The molecule has 0 fully saturated rings. The first-order chi connectivity index (χ1) is 18.2. The number of hydrogen-bond acceptors (Lipinski definition) is 5. The summed E-state index contributed by atoms with van der Waals surface area (Å²) >= 11 is 1.57. The summed E-state index contributed by atoms with van der Waals surface area (Å²) in [5.74, 6) is -2.58. The Kier molecular flexibility index (Phi) is 8.74. The van der Waals surface area contributed by atoms with Gasteiger partial charge in [-0.05, 0) is 62.3 Å². The monoisotopic (exact) mass is 527 g/mol. The fraction of sp³-hybridized carbons (Fsp3) is 0.281. The Labute approximate surface area is 228 Å². The standard InChI is InChI=1S/C32H33NO4S/c1-32(2,3)37-31(36)28(20-23-11-15-26(16-12-23)29-33-17-18-38-29)21-27(30(34)35)19-22-9-13-25(14-10-22)24-7-5-4-6-8-24/h4-18,27-28H,19-21H2,1-3H3,(H,34,35)/t27-,28-/m1/s1. The van der Waals surface area contributed by atoms with Crippen LogP contribution in [0.5, 0.6) is 0 Å². The van der Waals surface area contributed by atoms with E-state index in [0.29, 0.717) is 12.8 Å².